The van der Waals surface area contributed by atoms with Crippen molar-refractivity contribution < 1.29 is 13.5 Å². The molecule has 42 heavy (non-hydrogen) atoms. The van der Waals surface area contributed by atoms with E-state index < -0.39 is 11.6 Å². The Balaban J connectivity index is 1.32. The average molecular weight is 578 g/mol. The summed E-state index contributed by atoms with van der Waals surface area (Å²) in [7, 11) is 0. The van der Waals surface area contributed by atoms with Crippen LogP contribution < -0.4 is 14.5 Å². The van der Waals surface area contributed by atoms with Crippen molar-refractivity contribution in [2.45, 2.75) is 76.4 Å². The Morgan fingerprint density at radius 2 is 1.86 bits per heavy atom. The number of halogens is 2. The predicted octanol–water partition coefficient (Wildman–Crippen LogP) is 5.04. The Bertz CT molecular complexity index is 1330. The van der Waals surface area contributed by atoms with Crippen molar-refractivity contribution in [1.29, 1.82) is 5.26 Å². The molecule has 224 valence electrons. The minimum absolute atomic E-state index is 0.0304. The second kappa shape index (κ2) is 12.4. The predicted molar refractivity (Wildman–Crippen MR) is 158 cm³/mol. The van der Waals surface area contributed by atoms with Crippen molar-refractivity contribution in [2.24, 2.45) is 0 Å². The standard InChI is InChI=1S/C32H41F2N7O/c1-2-15-38-19-20-40(21-24(38)10-14-35)30-25-11-18-39(28-9-7-8-26(33)29(28)34)22-27(25)36-31(37-30)42-23-32(12-3-4-13-32)41-16-5-6-17-41/h2,7-9,15,24H,3-6,10-13,16-23H2,1H3/t24-/m0/s1. The van der Waals surface area contributed by atoms with Gasteiger partial charge >= 0.3 is 6.01 Å². The number of nitrogens with zero attached hydrogens (tertiary/aromatic N) is 7. The van der Waals surface area contributed by atoms with Gasteiger partial charge in [-0.25, -0.2) is 8.78 Å². The molecule has 3 aliphatic heterocycles. The first-order valence-electron chi connectivity index (χ1n) is 15.5. The van der Waals surface area contributed by atoms with Crippen LogP contribution in [0.25, 0.3) is 0 Å². The number of hydrogen-bond donors (Lipinski definition) is 0. The van der Waals surface area contributed by atoms with E-state index in [4.69, 9.17) is 14.7 Å². The second-order valence-corrected chi connectivity index (χ2v) is 12.1. The highest BCUT2D eigenvalue weighted by Crippen LogP contribution is 2.39. The summed E-state index contributed by atoms with van der Waals surface area (Å²) < 4.78 is 35.4. The first-order valence-corrected chi connectivity index (χ1v) is 15.5. The van der Waals surface area contributed by atoms with Crippen molar-refractivity contribution in [3.8, 4) is 12.1 Å². The first-order chi connectivity index (χ1) is 20.5. The van der Waals surface area contributed by atoms with Crippen molar-refractivity contribution in [3.05, 3.63) is 53.4 Å². The summed E-state index contributed by atoms with van der Waals surface area (Å²) in [5, 5.41) is 9.53. The van der Waals surface area contributed by atoms with Crippen LogP contribution in [0.5, 0.6) is 6.01 Å². The Kier molecular flexibility index (Phi) is 8.48. The van der Waals surface area contributed by atoms with Crippen molar-refractivity contribution in [2.75, 3.05) is 55.7 Å². The lowest BCUT2D eigenvalue weighted by molar-refractivity contribution is 0.0591. The van der Waals surface area contributed by atoms with Gasteiger partial charge in [0.25, 0.3) is 0 Å². The lowest BCUT2D eigenvalue weighted by atomic mass is 9.96. The molecule has 10 heteroatoms. The summed E-state index contributed by atoms with van der Waals surface area (Å²) in [6, 6.07) is 7.06. The van der Waals surface area contributed by atoms with Gasteiger partial charge in [0.15, 0.2) is 11.6 Å². The normalized spacial score (nSPS) is 22.5. The van der Waals surface area contributed by atoms with Gasteiger partial charge in [-0.2, -0.15) is 15.2 Å². The summed E-state index contributed by atoms with van der Waals surface area (Å²) in [5.41, 5.74) is 2.10. The monoisotopic (exact) mass is 577 g/mol. The quantitative estimate of drug-likeness (QED) is 0.432. The molecule has 0 bridgehead atoms. The lowest BCUT2D eigenvalue weighted by Gasteiger charge is -2.42. The fraction of sp³-hybridized carbons (Fsp3) is 0.594. The van der Waals surface area contributed by atoms with Crippen molar-refractivity contribution in [1.82, 2.24) is 19.8 Å². The molecule has 1 aliphatic carbocycles. The third kappa shape index (κ3) is 5.63. The zero-order chi connectivity index (χ0) is 29.1. The summed E-state index contributed by atoms with van der Waals surface area (Å²) in [5.74, 6) is -0.837. The number of likely N-dealkylation sites (tertiary alicyclic amines) is 1. The molecule has 6 rings (SSSR count). The van der Waals surface area contributed by atoms with E-state index in [1.54, 1.807) is 12.1 Å². The molecule has 4 aliphatic rings. The number of benzene rings is 1. The van der Waals surface area contributed by atoms with Crippen LogP contribution in [0.4, 0.5) is 20.3 Å². The van der Waals surface area contributed by atoms with E-state index in [9.17, 15) is 14.0 Å². The van der Waals surface area contributed by atoms with Crippen molar-refractivity contribution in [3.63, 3.8) is 0 Å². The molecule has 0 unspecified atom stereocenters. The molecule has 1 aromatic carbocycles. The molecule has 3 fully saturated rings. The topological polar surface area (TPSA) is 71.8 Å². The van der Waals surface area contributed by atoms with Crippen LogP contribution in [0, 0.1) is 23.0 Å². The lowest BCUT2D eigenvalue weighted by Crippen LogP contribution is -2.52. The second-order valence-electron chi connectivity index (χ2n) is 12.1. The van der Waals surface area contributed by atoms with E-state index in [0.29, 0.717) is 45.1 Å². The summed E-state index contributed by atoms with van der Waals surface area (Å²) >= 11 is 0. The highest BCUT2D eigenvalue weighted by molar-refractivity contribution is 5.56. The van der Waals surface area contributed by atoms with Crippen LogP contribution in [0.15, 0.2) is 30.5 Å². The Morgan fingerprint density at radius 3 is 2.62 bits per heavy atom. The zero-order valence-corrected chi connectivity index (χ0v) is 24.6. The van der Waals surface area contributed by atoms with Crippen LogP contribution in [-0.2, 0) is 13.0 Å². The number of rotatable bonds is 8. The van der Waals surface area contributed by atoms with E-state index in [0.717, 1.165) is 62.2 Å². The van der Waals surface area contributed by atoms with E-state index in [-0.39, 0.29) is 17.3 Å². The summed E-state index contributed by atoms with van der Waals surface area (Å²) in [6.07, 6.45) is 12.2. The summed E-state index contributed by atoms with van der Waals surface area (Å²) in [6.45, 7) is 7.86. The molecule has 1 saturated carbocycles. The van der Waals surface area contributed by atoms with Gasteiger partial charge in [0.1, 0.15) is 12.4 Å². The van der Waals surface area contributed by atoms with Gasteiger partial charge in [0, 0.05) is 31.7 Å². The van der Waals surface area contributed by atoms with Gasteiger partial charge in [-0.15, -0.1) is 0 Å². The van der Waals surface area contributed by atoms with Crippen LogP contribution in [-0.4, -0.2) is 77.2 Å². The minimum atomic E-state index is -0.850. The molecule has 1 aromatic heterocycles. The molecule has 0 radical (unpaired) electrons. The molecule has 0 N–H and O–H groups in total. The smallest absolute Gasteiger partial charge is 0.318 e. The first kappa shape index (κ1) is 28.7. The molecule has 4 heterocycles. The van der Waals surface area contributed by atoms with Gasteiger partial charge in [-0.1, -0.05) is 25.0 Å². The van der Waals surface area contributed by atoms with Gasteiger partial charge in [0.2, 0.25) is 0 Å². The van der Waals surface area contributed by atoms with E-state index in [1.165, 1.54) is 25.7 Å². The van der Waals surface area contributed by atoms with Crippen LogP contribution in [0.3, 0.4) is 0 Å². The number of hydrogen-bond acceptors (Lipinski definition) is 8. The Morgan fingerprint density at radius 1 is 1.05 bits per heavy atom. The van der Waals surface area contributed by atoms with Gasteiger partial charge in [0.05, 0.1) is 42.0 Å². The summed E-state index contributed by atoms with van der Waals surface area (Å²) in [4.78, 5) is 18.9. The number of nitriles is 1. The van der Waals surface area contributed by atoms with Gasteiger partial charge in [-0.3, -0.25) is 4.90 Å². The van der Waals surface area contributed by atoms with E-state index in [1.807, 2.05) is 17.9 Å². The number of aromatic nitrogens is 2. The van der Waals surface area contributed by atoms with Crippen LogP contribution >= 0.6 is 0 Å². The highest BCUT2D eigenvalue weighted by Gasteiger charge is 2.42. The number of fused-ring (bicyclic) bond motifs is 1. The molecule has 8 nitrogen and oxygen atoms in total. The SMILES string of the molecule is CC=CN1CCN(c2nc(OCC3(N4CCCC4)CCCC3)nc3c2CCN(c2cccc(F)c2F)C3)C[C@@H]1CC#N. The van der Waals surface area contributed by atoms with Gasteiger partial charge < -0.3 is 19.4 Å². The molecule has 0 spiro atoms. The largest absolute Gasteiger partial charge is 0.461 e. The fourth-order valence-electron chi connectivity index (χ4n) is 7.37. The number of anilines is 2. The number of ether oxygens (including phenoxy) is 1. The number of allylic oxidation sites excluding steroid dienone is 1. The molecular weight excluding hydrogens is 536 g/mol. The molecule has 2 aromatic rings. The van der Waals surface area contributed by atoms with E-state index >= 15 is 0 Å². The average Bonchev–Trinajstić information content (AvgIpc) is 3.72. The maximum absolute atomic E-state index is 14.8. The zero-order valence-electron chi connectivity index (χ0n) is 24.6. The fourth-order valence-corrected chi connectivity index (χ4v) is 7.37. The molecule has 2 saturated heterocycles. The molecule has 0 amide bonds. The van der Waals surface area contributed by atoms with Crippen LogP contribution in [0.2, 0.25) is 0 Å². The van der Waals surface area contributed by atoms with Crippen molar-refractivity contribution >= 4 is 11.5 Å². The minimum Gasteiger partial charge on any atom is -0.461 e. The Hall–Kier alpha value is -3.45. The maximum Gasteiger partial charge on any atom is 0.318 e. The van der Waals surface area contributed by atoms with E-state index in [2.05, 4.69) is 27.0 Å². The molecule has 1 atom stereocenters. The third-order valence-electron chi connectivity index (χ3n) is 9.57. The van der Waals surface area contributed by atoms with Crippen LogP contribution in [0.1, 0.15) is 63.1 Å². The number of piperazine rings is 1. The molecular formula is C32H41F2N7O. The maximum atomic E-state index is 14.8. The Labute approximate surface area is 247 Å². The third-order valence-corrected chi connectivity index (χ3v) is 9.57. The van der Waals surface area contributed by atoms with Gasteiger partial charge in [-0.05, 0) is 70.5 Å². The highest BCUT2D eigenvalue weighted by atomic mass is 19.2.